The third-order valence-corrected chi connectivity index (χ3v) is 6.64. The van der Waals surface area contributed by atoms with Crippen molar-refractivity contribution in [2.45, 2.75) is 18.9 Å². The summed E-state index contributed by atoms with van der Waals surface area (Å²) in [6, 6.07) is 8.33. The van der Waals surface area contributed by atoms with Crippen LogP contribution in [0.1, 0.15) is 12.8 Å². The molecule has 0 unspecified atom stereocenters. The Hall–Kier alpha value is -3.37. The number of aromatic amines is 1. The van der Waals surface area contributed by atoms with Crippen LogP contribution in [-0.4, -0.2) is 79.5 Å². The van der Waals surface area contributed by atoms with Crippen molar-refractivity contribution in [1.82, 2.24) is 25.4 Å². The normalized spacial score (nSPS) is 17.6. The predicted molar refractivity (Wildman–Crippen MR) is 136 cm³/mol. The molecule has 2 aliphatic heterocycles. The van der Waals surface area contributed by atoms with E-state index in [1.807, 2.05) is 18.2 Å². The molecule has 4 N–H and O–H groups in total. The lowest BCUT2D eigenvalue weighted by Crippen LogP contribution is -2.43. The van der Waals surface area contributed by atoms with E-state index in [9.17, 15) is 4.79 Å². The van der Waals surface area contributed by atoms with Crippen molar-refractivity contribution in [3.63, 3.8) is 0 Å². The van der Waals surface area contributed by atoms with E-state index in [0.29, 0.717) is 23.0 Å². The van der Waals surface area contributed by atoms with Crippen molar-refractivity contribution in [3.05, 3.63) is 40.8 Å². The van der Waals surface area contributed by atoms with E-state index in [1.165, 1.54) is 0 Å². The number of nitrogens with zero attached hydrogens (tertiary/aromatic N) is 4. The first-order chi connectivity index (χ1) is 16.6. The molecule has 2 fully saturated rings. The summed E-state index contributed by atoms with van der Waals surface area (Å²) in [7, 11) is 3.80. The topological polar surface area (TPSA) is 110 Å². The van der Waals surface area contributed by atoms with Crippen LogP contribution in [0.5, 0.6) is 5.75 Å². The van der Waals surface area contributed by atoms with Gasteiger partial charge in [0.1, 0.15) is 17.4 Å². The molecule has 0 amide bonds. The molecular weight excluding hydrogens is 432 g/mol. The molecule has 5 rings (SSSR count). The molecule has 0 spiro atoms. The summed E-state index contributed by atoms with van der Waals surface area (Å²) in [5.41, 5.74) is 1.58. The zero-order chi connectivity index (χ0) is 23.5. The average Bonchev–Trinajstić information content (AvgIpc) is 2.86. The van der Waals surface area contributed by atoms with Gasteiger partial charge in [-0.15, -0.1) is 0 Å². The molecule has 3 aromatic rings. The first kappa shape index (κ1) is 22.4. The molecule has 34 heavy (non-hydrogen) atoms. The number of H-pyrrole nitrogens is 1. The summed E-state index contributed by atoms with van der Waals surface area (Å²) in [4.78, 5) is 22.1. The van der Waals surface area contributed by atoms with E-state index < -0.39 is 0 Å². The zero-order valence-electron chi connectivity index (χ0n) is 19.7. The smallest absolute Gasteiger partial charge is 0.275 e. The van der Waals surface area contributed by atoms with Crippen LogP contribution in [0.3, 0.4) is 0 Å². The van der Waals surface area contributed by atoms with Gasteiger partial charge in [0.05, 0.1) is 24.4 Å². The summed E-state index contributed by atoms with van der Waals surface area (Å²) in [5.74, 6) is 1.91. The van der Waals surface area contributed by atoms with Gasteiger partial charge in [0, 0.05) is 49.4 Å². The number of methoxy groups -OCH3 is 1. The number of anilines is 4. The number of nitrogens with one attached hydrogen (secondary N) is 4. The molecule has 2 aromatic heterocycles. The molecular formula is C24H32N8O2. The second kappa shape index (κ2) is 9.86. The van der Waals surface area contributed by atoms with Crippen LogP contribution in [0, 0.1) is 0 Å². The van der Waals surface area contributed by atoms with Gasteiger partial charge in [0.15, 0.2) is 0 Å². The molecule has 2 aliphatic rings. The number of hydrogen-bond donors (Lipinski definition) is 4. The number of fused-ring (bicyclic) bond motifs is 1. The minimum Gasteiger partial charge on any atom is -0.494 e. The maximum Gasteiger partial charge on any atom is 0.275 e. The second-order valence-electron chi connectivity index (χ2n) is 8.99. The van der Waals surface area contributed by atoms with Gasteiger partial charge in [-0.25, -0.2) is 10.1 Å². The Kier molecular flexibility index (Phi) is 6.50. The molecule has 4 heterocycles. The lowest BCUT2D eigenvalue weighted by molar-refractivity contribution is 0.263. The van der Waals surface area contributed by atoms with Crippen molar-refractivity contribution < 1.29 is 4.74 Å². The number of piperazine rings is 1. The fourth-order valence-corrected chi connectivity index (χ4v) is 4.68. The first-order valence-electron chi connectivity index (χ1n) is 11.8. The Bertz CT molecular complexity index is 1200. The van der Waals surface area contributed by atoms with Gasteiger partial charge in [0.25, 0.3) is 5.56 Å². The Labute approximate surface area is 198 Å². The number of likely N-dealkylation sites (tertiary alicyclic amines) is 1. The predicted octanol–water partition coefficient (Wildman–Crippen LogP) is 1.99. The van der Waals surface area contributed by atoms with Gasteiger partial charge in [-0.05, 0) is 51.2 Å². The van der Waals surface area contributed by atoms with E-state index in [0.717, 1.165) is 74.7 Å². The maximum absolute atomic E-state index is 12.7. The lowest BCUT2D eigenvalue weighted by atomic mass is 10.1. The lowest BCUT2D eigenvalue weighted by Gasteiger charge is -2.30. The van der Waals surface area contributed by atoms with E-state index in [1.54, 1.807) is 13.3 Å². The van der Waals surface area contributed by atoms with Gasteiger partial charge in [-0.2, -0.15) is 5.10 Å². The van der Waals surface area contributed by atoms with Crippen LogP contribution in [0.15, 0.2) is 35.3 Å². The molecule has 0 bridgehead atoms. The van der Waals surface area contributed by atoms with Gasteiger partial charge >= 0.3 is 0 Å². The average molecular weight is 465 g/mol. The standard InChI is InChI=1S/C24H32N8O2/c1-31-9-5-17(6-10-31)27-21-13-16-15-26-30-24(33)22(16)23(29-21)28-19-4-3-18(14-20(19)34-2)32-11-7-25-8-12-32/h3-4,13-15,17,25H,5-12H2,1-2H3,(H,30,33)(H2,27,28,29). The highest BCUT2D eigenvalue weighted by molar-refractivity contribution is 5.94. The number of ether oxygens (including phenoxy) is 1. The molecule has 0 radical (unpaired) electrons. The Morgan fingerprint density at radius 2 is 1.91 bits per heavy atom. The number of hydrogen-bond acceptors (Lipinski definition) is 9. The highest BCUT2D eigenvalue weighted by Gasteiger charge is 2.19. The van der Waals surface area contributed by atoms with E-state index in [-0.39, 0.29) is 5.56 Å². The van der Waals surface area contributed by atoms with Crippen molar-refractivity contribution in [3.8, 4) is 5.75 Å². The number of benzene rings is 1. The summed E-state index contributed by atoms with van der Waals surface area (Å²) >= 11 is 0. The summed E-state index contributed by atoms with van der Waals surface area (Å²) in [6.45, 7) is 5.94. The molecule has 0 atom stereocenters. The third kappa shape index (κ3) is 4.78. The SMILES string of the molecule is COc1cc(N2CCNCC2)ccc1Nc1nc(NC2CCN(C)CC2)cc2cn[nH]c(=O)c12. The Morgan fingerprint density at radius 1 is 1.12 bits per heavy atom. The van der Waals surface area contributed by atoms with Crippen LogP contribution in [0.25, 0.3) is 10.8 Å². The molecule has 1 aromatic carbocycles. The van der Waals surface area contributed by atoms with Crippen molar-refractivity contribution in [2.24, 2.45) is 0 Å². The summed E-state index contributed by atoms with van der Waals surface area (Å²) in [5, 5.41) is 18.0. The summed E-state index contributed by atoms with van der Waals surface area (Å²) < 4.78 is 5.70. The second-order valence-corrected chi connectivity index (χ2v) is 8.99. The van der Waals surface area contributed by atoms with Gasteiger partial charge in [-0.3, -0.25) is 4.79 Å². The maximum atomic E-state index is 12.7. The molecule has 0 saturated carbocycles. The third-order valence-electron chi connectivity index (χ3n) is 6.64. The minimum atomic E-state index is -0.283. The quantitative estimate of drug-likeness (QED) is 0.435. The van der Waals surface area contributed by atoms with E-state index in [4.69, 9.17) is 9.72 Å². The highest BCUT2D eigenvalue weighted by Crippen LogP contribution is 2.34. The zero-order valence-corrected chi connectivity index (χ0v) is 19.7. The summed E-state index contributed by atoms with van der Waals surface area (Å²) in [6.07, 6.45) is 3.76. The van der Waals surface area contributed by atoms with Crippen LogP contribution in [0.4, 0.5) is 23.0 Å². The van der Waals surface area contributed by atoms with Crippen LogP contribution >= 0.6 is 0 Å². The molecule has 180 valence electrons. The largest absolute Gasteiger partial charge is 0.494 e. The number of aromatic nitrogens is 3. The van der Waals surface area contributed by atoms with Gasteiger partial charge in [-0.1, -0.05) is 0 Å². The van der Waals surface area contributed by atoms with Crippen LogP contribution in [0.2, 0.25) is 0 Å². The van der Waals surface area contributed by atoms with Crippen molar-refractivity contribution in [1.29, 1.82) is 0 Å². The Balaban J connectivity index is 1.47. The number of piperidine rings is 1. The monoisotopic (exact) mass is 464 g/mol. The fraction of sp³-hybridized carbons (Fsp3) is 0.458. The van der Waals surface area contributed by atoms with Crippen LogP contribution < -0.4 is 31.1 Å². The Morgan fingerprint density at radius 3 is 2.68 bits per heavy atom. The number of rotatable bonds is 6. The number of pyridine rings is 1. The van der Waals surface area contributed by atoms with Crippen molar-refractivity contribution in [2.75, 3.05) is 69.0 Å². The molecule has 10 nitrogen and oxygen atoms in total. The molecule has 10 heteroatoms. The van der Waals surface area contributed by atoms with Crippen LogP contribution in [-0.2, 0) is 0 Å². The van der Waals surface area contributed by atoms with E-state index in [2.05, 4.69) is 49.1 Å². The highest BCUT2D eigenvalue weighted by atomic mass is 16.5. The molecule has 2 saturated heterocycles. The van der Waals surface area contributed by atoms with E-state index >= 15 is 0 Å². The molecule has 0 aliphatic carbocycles. The minimum absolute atomic E-state index is 0.283. The van der Waals surface area contributed by atoms with Gasteiger partial charge < -0.3 is 30.5 Å². The van der Waals surface area contributed by atoms with Gasteiger partial charge in [0.2, 0.25) is 0 Å². The first-order valence-corrected chi connectivity index (χ1v) is 11.8. The fourth-order valence-electron chi connectivity index (χ4n) is 4.68. The van der Waals surface area contributed by atoms with Crippen molar-refractivity contribution >= 4 is 33.8 Å².